The minimum Gasteiger partial charge on any atom is -0.465 e. The van der Waals surface area contributed by atoms with Crippen molar-refractivity contribution in [1.82, 2.24) is 20.4 Å². The Labute approximate surface area is 239 Å². The first-order valence-electron chi connectivity index (χ1n) is 13.4. The topological polar surface area (TPSA) is 102 Å². The van der Waals surface area contributed by atoms with E-state index in [0.717, 1.165) is 18.4 Å². The van der Waals surface area contributed by atoms with E-state index in [-0.39, 0.29) is 36.4 Å². The molecule has 0 spiro atoms. The molecule has 1 unspecified atom stereocenters. The van der Waals surface area contributed by atoms with E-state index in [1.165, 1.54) is 5.56 Å². The number of benzene rings is 2. The Balaban J connectivity index is 1.54. The summed E-state index contributed by atoms with van der Waals surface area (Å²) in [5.74, 6) is -0.142. The highest BCUT2D eigenvalue weighted by Gasteiger charge is 2.49. The van der Waals surface area contributed by atoms with Gasteiger partial charge in [0.25, 0.3) is 0 Å². The minimum atomic E-state index is -1.09. The van der Waals surface area contributed by atoms with E-state index in [2.05, 4.69) is 27.7 Å². The van der Waals surface area contributed by atoms with Crippen LogP contribution in [0.2, 0.25) is 10.0 Å². The molecule has 2 saturated heterocycles. The summed E-state index contributed by atoms with van der Waals surface area (Å²) < 4.78 is 0. The molecule has 0 saturated carbocycles. The molecule has 8 nitrogen and oxygen atoms in total. The second-order valence-corrected chi connectivity index (χ2v) is 11.7. The van der Waals surface area contributed by atoms with Gasteiger partial charge in [-0.05, 0) is 54.9 Å². The summed E-state index contributed by atoms with van der Waals surface area (Å²) in [6.07, 6.45) is 1.44. The zero-order valence-corrected chi connectivity index (χ0v) is 23.8. The van der Waals surface area contributed by atoms with E-state index in [1.807, 2.05) is 38.1 Å². The van der Waals surface area contributed by atoms with Crippen LogP contribution in [-0.2, 0) is 22.6 Å². The van der Waals surface area contributed by atoms with Crippen molar-refractivity contribution >= 4 is 41.1 Å². The van der Waals surface area contributed by atoms with E-state index in [9.17, 15) is 19.5 Å². The first kappa shape index (κ1) is 29.2. The van der Waals surface area contributed by atoms with E-state index < -0.39 is 18.2 Å². The predicted molar refractivity (Wildman–Crippen MR) is 152 cm³/mol. The number of amides is 3. The number of aryl methyl sites for hydroxylation is 1. The van der Waals surface area contributed by atoms with Gasteiger partial charge >= 0.3 is 6.09 Å². The number of carboxylic acid groups (broad SMARTS) is 1. The lowest BCUT2D eigenvalue weighted by Crippen LogP contribution is -2.64. The Morgan fingerprint density at radius 2 is 1.79 bits per heavy atom. The Bertz CT molecular complexity index is 1180. The average Bonchev–Trinajstić information content (AvgIpc) is 3.32. The van der Waals surface area contributed by atoms with Crippen LogP contribution in [-0.4, -0.2) is 70.1 Å². The van der Waals surface area contributed by atoms with Gasteiger partial charge in [0, 0.05) is 31.7 Å². The molecule has 2 aromatic carbocycles. The molecular formula is C29H36Cl2N4O4. The standard InChI is InChI=1S/C29H36Cl2N4O4/c1-18(2)12-25(27(36)32-15-20-9-11-23(30)24(31)13-20)35-17-22(10-8-19-6-4-3-5-7-19)34-16-21(33-29(38)39)14-26(34)28(35)37/h3-7,9,11,13,18,21-22,25-26,33H,8,10,12,14-17H2,1-2H3,(H,32,36)(H,38,39)/t21-,22?,25-,26+/m1/s1. The quantitative estimate of drug-likeness (QED) is 0.385. The van der Waals surface area contributed by atoms with Crippen LogP contribution in [0.3, 0.4) is 0 Å². The number of carbonyl (C=O) groups is 3. The zero-order valence-electron chi connectivity index (χ0n) is 22.3. The van der Waals surface area contributed by atoms with Gasteiger partial charge in [-0.25, -0.2) is 4.79 Å². The molecule has 3 amide bonds. The molecule has 3 N–H and O–H groups in total. The molecule has 0 aliphatic carbocycles. The van der Waals surface area contributed by atoms with Gasteiger partial charge in [-0.2, -0.15) is 0 Å². The second kappa shape index (κ2) is 13.0. The molecule has 10 heteroatoms. The van der Waals surface area contributed by atoms with Crippen molar-refractivity contribution in [3.8, 4) is 0 Å². The molecule has 0 radical (unpaired) electrons. The largest absolute Gasteiger partial charge is 0.465 e. The highest BCUT2D eigenvalue weighted by molar-refractivity contribution is 6.42. The van der Waals surface area contributed by atoms with Crippen LogP contribution in [0.5, 0.6) is 0 Å². The van der Waals surface area contributed by atoms with Gasteiger partial charge in [0.1, 0.15) is 6.04 Å². The Morgan fingerprint density at radius 3 is 2.46 bits per heavy atom. The predicted octanol–water partition coefficient (Wildman–Crippen LogP) is 4.58. The number of hydrogen-bond acceptors (Lipinski definition) is 4. The number of nitrogens with zero attached hydrogens (tertiary/aromatic N) is 2. The molecule has 0 aromatic heterocycles. The van der Waals surface area contributed by atoms with Crippen LogP contribution < -0.4 is 10.6 Å². The maximum absolute atomic E-state index is 13.8. The van der Waals surface area contributed by atoms with Crippen LogP contribution in [0.1, 0.15) is 44.2 Å². The SMILES string of the molecule is CC(C)C[C@H](C(=O)NCc1ccc(Cl)c(Cl)c1)N1CC(CCc2ccccc2)N2C[C@H](NC(=O)O)C[C@H]2C1=O. The summed E-state index contributed by atoms with van der Waals surface area (Å²) in [4.78, 5) is 42.6. The Morgan fingerprint density at radius 1 is 1.05 bits per heavy atom. The smallest absolute Gasteiger partial charge is 0.404 e. The lowest BCUT2D eigenvalue weighted by molar-refractivity contribution is -0.151. The van der Waals surface area contributed by atoms with Gasteiger partial charge in [-0.3, -0.25) is 14.5 Å². The monoisotopic (exact) mass is 574 g/mol. The summed E-state index contributed by atoms with van der Waals surface area (Å²) in [5, 5.41) is 15.7. The number of hydrogen-bond donors (Lipinski definition) is 3. The number of fused-ring (bicyclic) bond motifs is 1. The molecule has 2 aliphatic rings. The van der Waals surface area contributed by atoms with E-state index >= 15 is 0 Å². The lowest BCUT2D eigenvalue weighted by Gasteiger charge is -2.46. The van der Waals surface area contributed by atoms with Crippen molar-refractivity contribution < 1.29 is 19.5 Å². The molecule has 2 aromatic rings. The van der Waals surface area contributed by atoms with Gasteiger partial charge in [-0.1, -0.05) is 73.4 Å². The third-order valence-corrected chi connectivity index (χ3v) is 8.28. The van der Waals surface area contributed by atoms with Gasteiger partial charge in [0.15, 0.2) is 0 Å². The van der Waals surface area contributed by atoms with Crippen molar-refractivity contribution in [1.29, 1.82) is 0 Å². The summed E-state index contributed by atoms with van der Waals surface area (Å²) in [6.45, 7) is 5.24. The molecule has 4 atom stereocenters. The molecule has 4 rings (SSSR count). The van der Waals surface area contributed by atoms with Crippen LogP contribution in [0, 0.1) is 5.92 Å². The normalized spacial score (nSPS) is 22.0. The lowest BCUT2D eigenvalue weighted by atomic mass is 9.95. The molecule has 2 aliphatic heterocycles. The molecule has 39 heavy (non-hydrogen) atoms. The highest BCUT2D eigenvalue weighted by Crippen LogP contribution is 2.32. The fourth-order valence-electron chi connectivity index (χ4n) is 5.69. The van der Waals surface area contributed by atoms with Crippen molar-refractivity contribution in [2.24, 2.45) is 5.92 Å². The van der Waals surface area contributed by atoms with Crippen LogP contribution in [0.25, 0.3) is 0 Å². The highest BCUT2D eigenvalue weighted by atomic mass is 35.5. The first-order valence-corrected chi connectivity index (χ1v) is 14.2. The maximum atomic E-state index is 13.8. The van der Waals surface area contributed by atoms with Gasteiger partial charge in [-0.15, -0.1) is 0 Å². The van der Waals surface area contributed by atoms with E-state index in [0.29, 0.717) is 36.0 Å². The van der Waals surface area contributed by atoms with Crippen LogP contribution in [0.15, 0.2) is 48.5 Å². The van der Waals surface area contributed by atoms with Gasteiger partial charge < -0.3 is 20.6 Å². The third-order valence-electron chi connectivity index (χ3n) is 7.54. The van der Waals surface area contributed by atoms with Crippen molar-refractivity contribution in [2.75, 3.05) is 13.1 Å². The number of carbonyl (C=O) groups excluding carboxylic acids is 2. The average molecular weight is 576 g/mol. The molecule has 210 valence electrons. The molecule has 0 bridgehead atoms. The molecule has 2 fully saturated rings. The third kappa shape index (κ3) is 7.44. The fourth-order valence-corrected chi connectivity index (χ4v) is 6.02. The number of halogens is 2. The van der Waals surface area contributed by atoms with E-state index in [1.54, 1.807) is 17.0 Å². The number of nitrogens with one attached hydrogen (secondary N) is 2. The van der Waals surface area contributed by atoms with Crippen LogP contribution in [0.4, 0.5) is 4.79 Å². The summed E-state index contributed by atoms with van der Waals surface area (Å²) in [5.41, 5.74) is 2.02. The van der Waals surface area contributed by atoms with Gasteiger partial charge in [0.2, 0.25) is 11.8 Å². The Hall–Kier alpha value is -2.81. The number of piperazine rings is 1. The van der Waals surface area contributed by atoms with Crippen molar-refractivity contribution in [3.63, 3.8) is 0 Å². The van der Waals surface area contributed by atoms with E-state index in [4.69, 9.17) is 23.2 Å². The summed E-state index contributed by atoms with van der Waals surface area (Å²) >= 11 is 12.2. The number of rotatable bonds is 10. The first-order chi connectivity index (χ1) is 18.6. The minimum absolute atomic E-state index is 0.00559. The van der Waals surface area contributed by atoms with Gasteiger partial charge in [0.05, 0.1) is 16.1 Å². The fraction of sp³-hybridized carbons (Fsp3) is 0.483. The summed E-state index contributed by atoms with van der Waals surface area (Å²) in [7, 11) is 0. The molecule has 2 heterocycles. The van der Waals surface area contributed by atoms with Crippen molar-refractivity contribution in [2.45, 2.75) is 70.2 Å². The Kier molecular flexibility index (Phi) is 9.75. The second-order valence-electron chi connectivity index (χ2n) is 10.9. The van der Waals surface area contributed by atoms with Crippen LogP contribution >= 0.6 is 23.2 Å². The maximum Gasteiger partial charge on any atom is 0.404 e. The molecular weight excluding hydrogens is 539 g/mol. The zero-order chi connectivity index (χ0) is 28.1. The van der Waals surface area contributed by atoms with Crippen molar-refractivity contribution in [3.05, 3.63) is 69.7 Å². The summed E-state index contributed by atoms with van der Waals surface area (Å²) in [6, 6.07) is 14.0.